The predicted molar refractivity (Wildman–Crippen MR) is 478 cm³/mol. The van der Waals surface area contributed by atoms with Crippen molar-refractivity contribution in [1.29, 1.82) is 0 Å². The molecule has 0 rings (SSSR count). The van der Waals surface area contributed by atoms with Gasteiger partial charge in [0.1, 0.15) is 19.3 Å². The number of ether oxygens (including phenoxy) is 4. The maximum absolute atomic E-state index is 13.2. The molecule has 0 aliphatic rings. The zero-order chi connectivity index (χ0) is 84.1. The molecule has 0 saturated carbocycles. The minimum absolute atomic E-state index is 0.108. The molecule has 684 valence electrons. The van der Waals surface area contributed by atoms with Crippen molar-refractivity contribution in [2.75, 3.05) is 39.6 Å². The number of carbonyl (C=O) groups excluding carboxylic acids is 4. The molecule has 0 aromatic rings. The third-order valence-electron chi connectivity index (χ3n) is 23.1. The number of rotatable bonds is 95. The summed E-state index contributed by atoms with van der Waals surface area (Å²) in [5, 5.41) is 10.7. The van der Waals surface area contributed by atoms with E-state index >= 15 is 0 Å². The van der Waals surface area contributed by atoms with Crippen molar-refractivity contribution in [1.82, 2.24) is 0 Å². The summed E-state index contributed by atoms with van der Waals surface area (Å²) in [7, 11) is -9.94. The van der Waals surface area contributed by atoms with E-state index in [4.69, 9.17) is 37.0 Å². The average molecular weight is 1680 g/mol. The molecule has 6 atom stereocenters. The Morgan fingerprint density at radius 1 is 0.252 bits per heavy atom. The van der Waals surface area contributed by atoms with Gasteiger partial charge in [-0.05, 0) is 37.5 Å². The topological polar surface area (TPSA) is 237 Å². The molecular weight excluding hydrogens is 1490 g/mol. The molecule has 0 fully saturated rings. The summed E-state index contributed by atoms with van der Waals surface area (Å²) in [6.45, 7) is 9.71. The number of phosphoric acid groups is 2. The van der Waals surface area contributed by atoms with E-state index in [0.717, 1.165) is 102 Å². The van der Waals surface area contributed by atoms with Crippen molar-refractivity contribution in [3.05, 3.63) is 0 Å². The molecule has 3 N–H and O–H groups in total. The van der Waals surface area contributed by atoms with Crippen molar-refractivity contribution < 1.29 is 80.2 Å². The summed E-state index contributed by atoms with van der Waals surface area (Å²) < 4.78 is 69.1. The second kappa shape index (κ2) is 87.0. The highest BCUT2D eigenvalue weighted by atomic mass is 31.2. The van der Waals surface area contributed by atoms with Gasteiger partial charge in [-0.2, -0.15) is 0 Å². The van der Waals surface area contributed by atoms with Crippen LogP contribution in [-0.4, -0.2) is 96.7 Å². The fraction of sp³-hybridized carbons (Fsp3) is 0.958. The van der Waals surface area contributed by atoms with Gasteiger partial charge in [-0.3, -0.25) is 37.3 Å². The van der Waals surface area contributed by atoms with Gasteiger partial charge in [-0.25, -0.2) is 9.13 Å². The number of esters is 4. The van der Waals surface area contributed by atoms with E-state index in [9.17, 15) is 43.2 Å². The fourth-order valence-electron chi connectivity index (χ4n) is 15.2. The third-order valence-corrected chi connectivity index (χ3v) is 25.0. The number of carbonyl (C=O) groups is 4. The Bertz CT molecular complexity index is 2190. The SMILES string of the molecule is CCCCCCCCCCCCCCCCCCCCCCCCC(=O)OC[C@H](COP(=O)(O)OC[C@@H](O)COP(=O)(O)OC[C@@H](COC(=O)CCCCCCCCC(C)C)OC(=O)CCCCCCCCCCCCCCCCCCCCCCCC)OC(=O)CCCCCCCCCCCCCCCCCCCCC(C)CC. The largest absolute Gasteiger partial charge is 0.472 e. The van der Waals surface area contributed by atoms with E-state index in [1.165, 1.54) is 334 Å². The normalized spacial score (nSPS) is 13.9. The number of unbranched alkanes of at least 4 members (excludes halogenated alkanes) is 64. The van der Waals surface area contributed by atoms with Crippen LogP contribution < -0.4 is 0 Å². The predicted octanol–water partition coefficient (Wildman–Crippen LogP) is 30.1. The average Bonchev–Trinajstić information content (AvgIpc) is 0.904. The number of aliphatic hydroxyl groups is 1. The van der Waals surface area contributed by atoms with Gasteiger partial charge in [0.15, 0.2) is 12.2 Å². The van der Waals surface area contributed by atoms with Gasteiger partial charge < -0.3 is 33.8 Å². The first kappa shape index (κ1) is 113. The van der Waals surface area contributed by atoms with Gasteiger partial charge in [0, 0.05) is 25.7 Å². The lowest BCUT2D eigenvalue weighted by Crippen LogP contribution is -2.30. The van der Waals surface area contributed by atoms with Gasteiger partial charge in [0.25, 0.3) is 0 Å². The highest BCUT2D eigenvalue weighted by Gasteiger charge is 2.31. The summed E-state index contributed by atoms with van der Waals surface area (Å²) in [5.74, 6) is -0.546. The number of hydrogen-bond acceptors (Lipinski definition) is 15. The molecule has 0 amide bonds. The number of hydrogen-bond donors (Lipinski definition) is 3. The molecule has 19 heteroatoms. The molecule has 115 heavy (non-hydrogen) atoms. The fourth-order valence-corrected chi connectivity index (χ4v) is 16.7. The van der Waals surface area contributed by atoms with Crippen LogP contribution in [0, 0.1) is 11.8 Å². The van der Waals surface area contributed by atoms with Crippen LogP contribution >= 0.6 is 15.6 Å². The molecule has 0 aromatic carbocycles. The summed E-state index contributed by atoms with van der Waals surface area (Å²) in [6.07, 6.45) is 83.9. The summed E-state index contributed by atoms with van der Waals surface area (Å²) in [5.41, 5.74) is 0. The number of aliphatic hydroxyl groups excluding tert-OH is 1. The minimum atomic E-state index is -4.97. The van der Waals surface area contributed by atoms with Crippen LogP contribution in [0.5, 0.6) is 0 Å². The first-order chi connectivity index (χ1) is 55.9. The highest BCUT2D eigenvalue weighted by molar-refractivity contribution is 7.47. The summed E-state index contributed by atoms with van der Waals surface area (Å²) in [4.78, 5) is 73.5. The van der Waals surface area contributed by atoms with Crippen LogP contribution in [0.1, 0.15) is 523 Å². The zero-order valence-corrected chi connectivity index (χ0v) is 77.9. The van der Waals surface area contributed by atoms with E-state index in [1.807, 2.05) is 0 Å². The lowest BCUT2D eigenvalue weighted by molar-refractivity contribution is -0.161. The monoisotopic (exact) mass is 1680 g/mol. The second-order valence-electron chi connectivity index (χ2n) is 35.2. The molecule has 0 aliphatic carbocycles. The molecule has 0 radical (unpaired) electrons. The lowest BCUT2D eigenvalue weighted by atomic mass is 9.99. The van der Waals surface area contributed by atoms with Crippen LogP contribution in [0.25, 0.3) is 0 Å². The van der Waals surface area contributed by atoms with Gasteiger partial charge in [-0.1, -0.05) is 472 Å². The Morgan fingerprint density at radius 2 is 0.443 bits per heavy atom. The minimum Gasteiger partial charge on any atom is -0.462 e. The maximum Gasteiger partial charge on any atom is 0.472 e. The first-order valence-corrected chi connectivity index (χ1v) is 52.5. The lowest BCUT2D eigenvalue weighted by Gasteiger charge is -2.21. The van der Waals surface area contributed by atoms with Crippen molar-refractivity contribution >= 4 is 39.5 Å². The van der Waals surface area contributed by atoms with Crippen LogP contribution in [0.15, 0.2) is 0 Å². The van der Waals surface area contributed by atoms with E-state index < -0.39 is 97.5 Å². The van der Waals surface area contributed by atoms with Gasteiger partial charge in [-0.15, -0.1) is 0 Å². The maximum atomic E-state index is 13.2. The van der Waals surface area contributed by atoms with Crippen molar-refractivity contribution in [3.63, 3.8) is 0 Å². The summed E-state index contributed by atoms with van der Waals surface area (Å²) >= 11 is 0. The molecular formula is C96H188O17P2. The van der Waals surface area contributed by atoms with E-state index in [0.29, 0.717) is 31.6 Å². The van der Waals surface area contributed by atoms with Crippen molar-refractivity contribution in [3.8, 4) is 0 Å². The zero-order valence-electron chi connectivity index (χ0n) is 76.1. The van der Waals surface area contributed by atoms with Crippen LogP contribution in [0.3, 0.4) is 0 Å². The molecule has 3 unspecified atom stereocenters. The van der Waals surface area contributed by atoms with E-state index in [2.05, 4.69) is 41.5 Å². The molecule has 0 spiro atoms. The van der Waals surface area contributed by atoms with Gasteiger partial charge in [0.05, 0.1) is 26.4 Å². The first-order valence-electron chi connectivity index (χ1n) is 49.5. The van der Waals surface area contributed by atoms with Crippen molar-refractivity contribution in [2.24, 2.45) is 11.8 Å². The standard InChI is InChI=1S/C96H188O17P2/c1-7-10-12-14-16-18-20-22-24-26-28-30-32-34-39-43-47-51-55-59-66-72-78-93(98)106-84-91(112-95(100)80-74-68-61-57-53-49-45-41-37-36-38-42-46-50-54-58-65-71-77-89(6)9-3)86-110-114(102,103)108-82-90(97)83-109-115(104,105)111-87-92(85-107-94(99)79-73-67-63-62-64-70-76-88(4)5)113-96(101)81-75-69-60-56-52-48-44-40-35-33-31-29-27-25-23-21-19-17-15-13-11-8-2/h88-92,97H,7-87H2,1-6H3,(H,102,103)(H,104,105)/t89?,90-,91-,92-/m1/s1. The molecule has 0 heterocycles. The summed E-state index contributed by atoms with van der Waals surface area (Å²) in [6, 6.07) is 0. The van der Waals surface area contributed by atoms with Gasteiger partial charge in [0.2, 0.25) is 0 Å². The van der Waals surface area contributed by atoms with Crippen LogP contribution in [0.2, 0.25) is 0 Å². The van der Waals surface area contributed by atoms with E-state index in [1.54, 1.807) is 0 Å². The van der Waals surface area contributed by atoms with Crippen LogP contribution in [0.4, 0.5) is 0 Å². The Labute approximate surface area is 708 Å². The molecule has 0 bridgehead atoms. The Hall–Kier alpha value is -1.94. The molecule has 17 nitrogen and oxygen atoms in total. The van der Waals surface area contributed by atoms with Gasteiger partial charge >= 0.3 is 39.5 Å². The quantitative estimate of drug-likeness (QED) is 0.0222. The third kappa shape index (κ3) is 88.2. The van der Waals surface area contributed by atoms with Crippen molar-refractivity contribution in [2.45, 2.75) is 541 Å². The molecule has 0 aromatic heterocycles. The van der Waals surface area contributed by atoms with E-state index in [-0.39, 0.29) is 25.7 Å². The molecule has 0 aliphatic heterocycles. The Morgan fingerprint density at radius 3 is 0.661 bits per heavy atom. The Kier molecular flexibility index (Phi) is 85.5. The second-order valence-corrected chi connectivity index (χ2v) is 38.1. The molecule has 0 saturated heterocycles. The number of phosphoric ester groups is 2. The smallest absolute Gasteiger partial charge is 0.462 e. The Balaban J connectivity index is 5.17. The van der Waals surface area contributed by atoms with Crippen LogP contribution in [-0.2, 0) is 65.4 Å². The highest BCUT2D eigenvalue weighted by Crippen LogP contribution is 2.45.